The van der Waals surface area contributed by atoms with Gasteiger partial charge in [-0.1, -0.05) is 0 Å². The minimum Gasteiger partial charge on any atom is -0.462 e. The van der Waals surface area contributed by atoms with Gasteiger partial charge in [-0.25, -0.2) is 9.79 Å². The first-order valence-electron chi connectivity index (χ1n) is 3.23. The van der Waals surface area contributed by atoms with Crippen LogP contribution in [0.25, 0.3) is 0 Å². The Balaban J connectivity index is 3.66. The zero-order chi connectivity index (χ0) is 7.82. The second-order valence-electron chi connectivity index (χ2n) is 1.50. The molecule has 0 aromatic rings. The number of aliphatic imine (C=N–C) groups is 1. The molecule has 0 unspecified atom stereocenters. The molecule has 0 aromatic heterocycles. The number of ether oxygens (including phenoxy) is 1. The third-order valence-electron chi connectivity index (χ3n) is 0.718. The highest BCUT2D eigenvalue weighted by molar-refractivity contribution is 5.90. The molecule has 0 rings (SSSR count). The maximum absolute atomic E-state index is 10.5. The molecule has 0 aliphatic carbocycles. The van der Waals surface area contributed by atoms with Crippen molar-refractivity contribution in [2.24, 2.45) is 4.99 Å². The molecule has 0 heterocycles. The van der Waals surface area contributed by atoms with E-state index in [1.54, 1.807) is 6.92 Å². The third-order valence-corrected chi connectivity index (χ3v) is 0.718. The molecule has 0 bridgehead atoms. The molecule has 0 N–H and O–H groups in total. The van der Waals surface area contributed by atoms with Crippen molar-refractivity contribution in [3.8, 4) is 0 Å². The van der Waals surface area contributed by atoms with E-state index in [0.29, 0.717) is 13.2 Å². The van der Waals surface area contributed by atoms with Crippen LogP contribution in [0.5, 0.6) is 0 Å². The fraction of sp³-hybridized carbons (Fsp3) is 0.571. The molecular formula is C7H11NO2. The van der Waals surface area contributed by atoms with Crippen LogP contribution in [0.1, 0.15) is 13.8 Å². The lowest BCUT2D eigenvalue weighted by Crippen LogP contribution is -1.98. The summed E-state index contributed by atoms with van der Waals surface area (Å²) in [5.41, 5.74) is 0. The number of carbonyl (C=O) groups excluding carboxylic acids is 1. The van der Waals surface area contributed by atoms with Crippen LogP contribution in [0.3, 0.4) is 0 Å². The second-order valence-corrected chi connectivity index (χ2v) is 1.50. The summed E-state index contributed by atoms with van der Waals surface area (Å²) >= 11 is 0. The van der Waals surface area contributed by atoms with E-state index in [1.807, 2.05) is 6.92 Å². The number of rotatable bonds is 3. The molecule has 0 radical (unpaired) electrons. The Morgan fingerprint density at radius 2 is 2.40 bits per heavy atom. The van der Waals surface area contributed by atoms with Crippen LogP contribution < -0.4 is 0 Å². The van der Waals surface area contributed by atoms with Crippen LogP contribution in [0.15, 0.2) is 11.1 Å². The molecule has 3 nitrogen and oxygen atoms in total. The van der Waals surface area contributed by atoms with Gasteiger partial charge in [0.1, 0.15) is 0 Å². The van der Waals surface area contributed by atoms with Gasteiger partial charge in [0.05, 0.1) is 12.7 Å². The van der Waals surface area contributed by atoms with Gasteiger partial charge < -0.3 is 4.74 Å². The molecule has 0 saturated carbocycles. The quantitative estimate of drug-likeness (QED) is 0.331. The standard InChI is InChI=1S/C7H11NO2/c1-3-8-6-5-7(9)10-4-2/h5H,3-4H2,1-2H3. The molecule has 0 aromatic carbocycles. The lowest BCUT2D eigenvalue weighted by Gasteiger charge is -1.90. The molecule has 0 aliphatic heterocycles. The summed E-state index contributed by atoms with van der Waals surface area (Å²) in [5.74, 6) is 2.06. The van der Waals surface area contributed by atoms with Gasteiger partial charge in [-0.3, -0.25) is 0 Å². The fourth-order valence-electron chi connectivity index (χ4n) is 0.374. The molecule has 0 atom stereocenters. The van der Waals surface area contributed by atoms with Crippen molar-refractivity contribution in [3.63, 3.8) is 0 Å². The first-order valence-corrected chi connectivity index (χ1v) is 3.23. The van der Waals surface area contributed by atoms with Crippen LogP contribution in [-0.4, -0.2) is 25.0 Å². The average molecular weight is 141 g/mol. The van der Waals surface area contributed by atoms with Crippen LogP contribution >= 0.6 is 0 Å². The van der Waals surface area contributed by atoms with Gasteiger partial charge in [0, 0.05) is 6.54 Å². The van der Waals surface area contributed by atoms with Gasteiger partial charge in [-0.15, -0.1) is 0 Å². The number of nitrogens with zero attached hydrogens (tertiary/aromatic N) is 1. The Labute approximate surface area is 60.4 Å². The molecule has 0 saturated heterocycles. The van der Waals surface area contributed by atoms with Crippen molar-refractivity contribution < 1.29 is 9.53 Å². The molecular weight excluding hydrogens is 130 g/mol. The molecule has 0 aliphatic rings. The minimum atomic E-state index is -0.389. The normalized spacial score (nSPS) is 7.80. The Hall–Kier alpha value is -1.08. The van der Waals surface area contributed by atoms with E-state index in [2.05, 4.69) is 15.6 Å². The lowest BCUT2D eigenvalue weighted by atomic mass is 10.6. The molecule has 10 heavy (non-hydrogen) atoms. The van der Waals surface area contributed by atoms with Crippen molar-refractivity contribution in [2.45, 2.75) is 13.8 Å². The van der Waals surface area contributed by atoms with Crippen molar-refractivity contribution in [1.82, 2.24) is 0 Å². The molecule has 0 spiro atoms. The summed E-state index contributed by atoms with van der Waals surface area (Å²) in [6.45, 7) is 4.65. The monoisotopic (exact) mass is 141 g/mol. The van der Waals surface area contributed by atoms with Gasteiger partial charge in [0.2, 0.25) is 0 Å². The molecule has 0 fully saturated rings. The van der Waals surface area contributed by atoms with E-state index in [0.717, 1.165) is 0 Å². The number of hydrogen-bond donors (Lipinski definition) is 0. The smallest absolute Gasteiger partial charge is 0.340 e. The molecule has 3 heteroatoms. The van der Waals surface area contributed by atoms with Gasteiger partial charge >= 0.3 is 5.97 Å². The SMILES string of the molecule is CCN=C=CC(=O)OCC. The van der Waals surface area contributed by atoms with Crippen molar-refractivity contribution >= 4 is 11.8 Å². The second kappa shape index (κ2) is 6.05. The van der Waals surface area contributed by atoms with E-state index in [4.69, 9.17) is 0 Å². The molecule has 56 valence electrons. The Morgan fingerprint density at radius 1 is 1.70 bits per heavy atom. The highest BCUT2D eigenvalue weighted by Gasteiger charge is 1.89. The van der Waals surface area contributed by atoms with Gasteiger partial charge in [0.25, 0.3) is 0 Å². The Kier molecular flexibility index (Phi) is 5.39. The first kappa shape index (κ1) is 8.92. The number of esters is 1. The fourth-order valence-corrected chi connectivity index (χ4v) is 0.374. The predicted molar refractivity (Wildman–Crippen MR) is 39.2 cm³/mol. The summed E-state index contributed by atoms with van der Waals surface area (Å²) in [5, 5.41) is 0. The van der Waals surface area contributed by atoms with Crippen molar-refractivity contribution in [2.75, 3.05) is 13.2 Å². The van der Waals surface area contributed by atoms with Crippen LogP contribution in [-0.2, 0) is 9.53 Å². The summed E-state index contributed by atoms with van der Waals surface area (Å²) in [6, 6.07) is 0. The number of hydrogen-bond acceptors (Lipinski definition) is 3. The van der Waals surface area contributed by atoms with Crippen LogP contribution in [0.4, 0.5) is 0 Å². The van der Waals surface area contributed by atoms with E-state index >= 15 is 0 Å². The summed E-state index contributed by atoms with van der Waals surface area (Å²) in [7, 11) is 0. The molecule has 0 amide bonds. The van der Waals surface area contributed by atoms with E-state index < -0.39 is 0 Å². The zero-order valence-electron chi connectivity index (χ0n) is 6.26. The largest absolute Gasteiger partial charge is 0.462 e. The third kappa shape index (κ3) is 5.06. The zero-order valence-corrected chi connectivity index (χ0v) is 6.26. The summed E-state index contributed by atoms with van der Waals surface area (Å²) in [6.07, 6.45) is 1.19. The van der Waals surface area contributed by atoms with Crippen LogP contribution in [0, 0.1) is 0 Å². The minimum absolute atomic E-state index is 0.389. The lowest BCUT2D eigenvalue weighted by molar-refractivity contribution is -0.137. The average Bonchev–Trinajstić information content (AvgIpc) is 1.89. The van der Waals surface area contributed by atoms with Crippen molar-refractivity contribution in [1.29, 1.82) is 0 Å². The van der Waals surface area contributed by atoms with Crippen molar-refractivity contribution in [3.05, 3.63) is 6.08 Å². The first-order chi connectivity index (χ1) is 4.81. The topological polar surface area (TPSA) is 38.7 Å². The maximum Gasteiger partial charge on any atom is 0.340 e. The highest BCUT2D eigenvalue weighted by Crippen LogP contribution is 1.75. The van der Waals surface area contributed by atoms with Gasteiger partial charge in [-0.2, -0.15) is 0 Å². The van der Waals surface area contributed by atoms with Crippen LogP contribution in [0.2, 0.25) is 0 Å². The Bertz CT molecular complexity index is 157. The Morgan fingerprint density at radius 3 is 2.90 bits per heavy atom. The van der Waals surface area contributed by atoms with Gasteiger partial charge in [0.15, 0.2) is 0 Å². The maximum atomic E-state index is 10.5. The highest BCUT2D eigenvalue weighted by atomic mass is 16.5. The van der Waals surface area contributed by atoms with E-state index in [9.17, 15) is 4.79 Å². The summed E-state index contributed by atoms with van der Waals surface area (Å²) < 4.78 is 4.57. The van der Waals surface area contributed by atoms with E-state index in [-0.39, 0.29) is 5.97 Å². The van der Waals surface area contributed by atoms with E-state index in [1.165, 1.54) is 6.08 Å². The predicted octanol–water partition coefficient (Wildman–Crippen LogP) is 0.795. The summed E-state index contributed by atoms with van der Waals surface area (Å²) in [4.78, 5) is 14.2. The van der Waals surface area contributed by atoms with Gasteiger partial charge in [-0.05, 0) is 19.7 Å². The number of carbonyl (C=O) groups is 1.